The number of aliphatic hydroxyl groups excluding tert-OH is 1. The van der Waals surface area contributed by atoms with E-state index in [4.69, 9.17) is 0 Å². The van der Waals surface area contributed by atoms with E-state index in [1.807, 2.05) is 38.1 Å². The van der Waals surface area contributed by atoms with E-state index >= 15 is 0 Å². The first-order chi connectivity index (χ1) is 7.33. The molecule has 2 N–H and O–H groups in total. The normalized spacial score (nSPS) is 13.3. The standard InChI is InChI=1S/C13H19NO2/c1-9(15)11-5-7-12(8-6-11)13(3,4)14-10(2)16/h5-9,15H,1-4H3,(H,14,16). The zero-order valence-corrected chi connectivity index (χ0v) is 10.2. The Morgan fingerprint density at radius 2 is 1.81 bits per heavy atom. The lowest BCUT2D eigenvalue weighted by Crippen LogP contribution is -2.39. The highest BCUT2D eigenvalue weighted by atomic mass is 16.3. The van der Waals surface area contributed by atoms with Crippen LogP contribution in [-0.2, 0) is 10.3 Å². The molecule has 1 atom stereocenters. The average molecular weight is 221 g/mol. The van der Waals surface area contributed by atoms with Crippen molar-refractivity contribution in [2.75, 3.05) is 0 Å². The quantitative estimate of drug-likeness (QED) is 0.821. The van der Waals surface area contributed by atoms with Crippen LogP contribution in [0.5, 0.6) is 0 Å². The van der Waals surface area contributed by atoms with Gasteiger partial charge in [-0.05, 0) is 31.9 Å². The lowest BCUT2D eigenvalue weighted by molar-refractivity contribution is -0.120. The van der Waals surface area contributed by atoms with Crippen LogP contribution in [0.3, 0.4) is 0 Å². The van der Waals surface area contributed by atoms with Crippen molar-refractivity contribution >= 4 is 5.91 Å². The molecule has 0 aliphatic carbocycles. The van der Waals surface area contributed by atoms with Crippen molar-refractivity contribution in [1.82, 2.24) is 5.32 Å². The first-order valence-electron chi connectivity index (χ1n) is 5.40. The summed E-state index contributed by atoms with van der Waals surface area (Å²) in [5.41, 5.74) is 1.51. The summed E-state index contributed by atoms with van der Waals surface area (Å²) in [6, 6.07) is 7.61. The Morgan fingerprint density at radius 1 is 1.31 bits per heavy atom. The topological polar surface area (TPSA) is 49.3 Å². The van der Waals surface area contributed by atoms with Crippen molar-refractivity contribution in [3.05, 3.63) is 35.4 Å². The summed E-state index contributed by atoms with van der Waals surface area (Å²) in [5, 5.41) is 12.3. The third kappa shape index (κ3) is 3.07. The first-order valence-corrected chi connectivity index (χ1v) is 5.40. The number of nitrogens with one attached hydrogen (secondary N) is 1. The second-order valence-electron chi connectivity index (χ2n) is 4.60. The minimum absolute atomic E-state index is 0.0513. The van der Waals surface area contributed by atoms with Crippen molar-refractivity contribution in [2.24, 2.45) is 0 Å². The predicted octanol–water partition coefficient (Wildman–Crippen LogP) is 2.11. The third-order valence-corrected chi connectivity index (χ3v) is 2.60. The van der Waals surface area contributed by atoms with Crippen LogP contribution in [0.25, 0.3) is 0 Å². The van der Waals surface area contributed by atoms with E-state index in [0.29, 0.717) is 0 Å². The molecule has 1 aromatic carbocycles. The van der Waals surface area contributed by atoms with Gasteiger partial charge in [0.05, 0.1) is 11.6 Å². The number of aliphatic hydroxyl groups is 1. The zero-order chi connectivity index (χ0) is 12.3. The molecule has 0 aliphatic rings. The minimum Gasteiger partial charge on any atom is -0.389 e. The van der Waals surface area contributed by atoms with Gasteiger partial charge in [0, 0.05) is 6.92 Å². The summed E-state index contributed by atoms with van der Waals surface area (Å²) in [6.45, 7) is 7.14. The molecular formula is C13H19NO2. The monoisotopic (exact) mass is 221 g/mol. The molecule has 1 amide bonds. The summed E-state index contributed by atoms with van der Waals surface area (Å²) in [4.78, 5) is 11.1. The maximum atomic E-state index is 11.1. The molecule has 0 bridgehead atoms. The van der Waals surface area contributed by atoms with Crippen LogP contribution in [0.15, 0.2) is 24.3 Å². The van der Waals surface area contributed by atoms with Gasteiger partial charge in [0.2, 0.25) is 5.91 Å². The SMILES string of the molecule is CC(=O)NC(C)(C)c1ccc(C(C)O)cc1. The molecular weight excluding hydrogens is 202 g/mol. The molecule has 1 rings (SSSR count). The maximum absolute atomic E-state index is 11.1. The molecule has 3 heteroatoms. The van der Waals surface area contributed by atoms with E-state index in [9.17, 15) is 9.90 Å². The first kappa shape index (κ1) is 12.7. The molecule has 0 radical (unpaired) electrons. The average Bonchev–Trinajstić information content (AvgIpc) is 2.16. The van der Waals surface area contributed by atoms with Gasteiger partial charge in [-0.3, -0.25) is 4.79 Å². The molecule has 0 heterocycles. The summed E-state index contributed by atoms with van der Waals surface area (Å²) in [6.07, 6.45) is -0.460. The van der Waals surface area contributed by atoms with Crippen LogP contribution in [-0.4, -0.2) is 11.0 Å². The highest BCUT2D eigenvalue weighted by Gasteiger charge is 2.21. The molecule has 3 nitrogen and oxygen atoms in total. The number of carbonyl (C=O) groups is 1. The van der Waals surface area contributed by atoms with Crippen LogP contribution in [0, 0.1) is 0 Å². The number of hydrogen-bond acceptors (Lipinski definition) is 2. The van der Waals surface area contributed by atoms with E-state index in [-0.39, 0.29) is 11.4 Å². The highest BCUT2D eigenvalue weighted by Crippen LogP contribution is 2.22. The Hall–Kier alpha value is -1.35. The smallest absolute Gasteiger partial charge is 0.217 e. The summed E-state index contributed by atoms with van der Waals surface area (Å²) in [5.74, 6) is -0.0513. The van der Waals surface area contributed by atoms with Gasteiger partial charge in [0.15, 0.2) is 0 Å². The van der Waals surface area contributed by atoms with Crippen molar-refractivity contribution < 1.29 is 9.90 Å². The Balaban J connectivity index is 2.92. The van der Waals surface area contributed by atoms with Crippen LogP contribution in [0.2, 0.25) is 0 Å². The summed E-state index contributed by atoms with van der Waals surface area (Å²) < 4.78 is 0. The third-order valence-electron chi connectivity index (χ3n) is 2.60. The van der Waals surface area contributed by atoms with Crippen molar-refractivity contribution in [2.45, 2.75) is 39.3 Å². The highest BCUT2D eigenvalue weighted by molar-refractivity contribution is 5.74. The van der Waals surface area contributed by atoms with E-state index in [1.165, 1.54) is 6.92 Å². The lowest BCUT2D eigenvalue weighted by atomic mass is 9.93. The predicted molar refractivity (Wildman–Crippen MR) is 63.9 cm³/mol. The molecule has 88 valence electrons. The Labute approximate surface area is 96.5 Å². The molecule has 0 fully saturated rings. The molecule has 0 aromatic heterocycles. The number of rotatable bonds is 3. The second-order valence-corrected chi connectivity index (χ2v) is 4.60. The van der Waals surface area contributed by atoms with Crippen molar-refractivity contribution in [3.63, 3.8) is 0 Å². The fourth-order valence-electron chi connectivity index (χ4n) is 1.69. The van der Waals surface area contributed by atoms with E-state index in [1.54, 1.807) is 6.92 Å². The van der Waals surface area contributed by atoms with Crippen LogP contribution < -0.4 is 5.32 Å². The Bertz CT molecular complexity index is 366. The summed E-state index contributed by atoms with van der Waals surface area (Å²) >= 11 is 0. The Morgan fingerprint density at radius 3 is 2.19 bits per heavy atom. The fraction of sp³-hybridized carbons (Fsp3) is 0.462. The number of hydrogen-bond donors (Lipinski definition) is 2. The van der Waals surface area contributed by atoms with Gasteiger partial charge in [-0.15, -0.1) is 0 Å². The molecule has 16 heavy (non-hydrogen) atoms. The van der Waals surface area contributed by atoms with E-state index in [0.717, 1.165) is 11.1 Å². The van der Waals surface area contributed by atoms with Crippen molar-refractivity contribution in [1.29, 1.82) is 0 Å². The maximum Gasteiger partial charge on any atom is 0.217 e. The van der Waals surface area contributed by atoms with Crippen LogP contribution in [0.1, 0.15) is 44.9 Å². The molecule has 0 saturated carbocycles. The largest absolute Gasteiger partial charge is 0.389 e. The molecule has 0 aliphatic heterocycles. The molecule has 1 aromatic rings. The van der Waals surface area contributed by atoms with Gasteiger partial charge in [-0.25, -0.2) is 0 Å². The van der Waals surface area contributed by atoms with Gasteiger partial charge in [-0.2, -0.15) is 0 Å². The van der Waals surface area contributed by atoms with Gasteiger partial charge < -0.3 is 10.4 Å². The number of benzene rings is 1. The minimum atomic E-state index is -0.460. The van der Waals surface area contributed by atoms with Gasteiger partial charge in [-0.1, -0.05) is 24.3 Å². The lowest BCUT2D eigenvalue weighted by Gasteiger charge is -2.26. The Kier molecular flexibility index (Phi) is 3.70. The van der Waals surface area contributed by atoms with E-state index in [2.05, 4.69) is 5.32 Å². The number of amides is 1. The van der Waals surface area contributed by atoms with Gasteiger partial charge in [0.1, 0.15) is 0 Å². The van der Waals surface area contributed by atoms with Gasteiger partial charge >= 0.3 is 0 Å². The number of carbonyl (C=O) groups excluding carboxylic acids is 1. The molecule has 0 saturated heterocycles. The van der Waals surface area contributed by atoms with Crippen LogP contribution in [0.4, 0.5) is 0 Å². The van der Waals surface area contributed by atoms with E-state index < -0.39 is 6.10 Å². The zero-order valence-electron chi connectivity index (χ0n) is 10.2. The van der Waals surface area contributed by atoms with Gasteiger partial charge in [0.25, 0.3) is 0 Å². The summed E-state index contributed by atoms with van der Waals surface area (Å²) in [7, 11) is 0. The second kappa shape index (κ2) is 4.66. The van der Waals surface area contributed by atoms with Crippen LogP contribution >= 0.6 is 0 Å². The van der Waals surface area contributed by atoms with Crippen molar-refractivity contribution in [3.8, 4) is 0 Å². The fourth-order valence-corrected chi connectivity index (χ4v) is 1.69. The molecule has 0 spiro atoms. The molecule has 1 unspecified atom stereocenters.